The predicted molar refractivity (Wildman–Crippen MR) is 333 cm³/mol. The van der Waals surface area contributed by atoms with Gasteiger partial charge in [0.15, 0.2) is 28.2 Å². The van der Waals surface area contributed by atoms with E-state index in [4.69, 9.17) is 61.1 Å². The summed E-state index contributed by atoms with van der Waals surface area (Å²) in [6, 6.07) is 82.3. The van der Waals surface area contributed by atoms with E-state index in [1.165, 1.54) is 38.9 Å². The average Bonchev–Trinajstić information content (AvgIpc) is 3.95. The standard InChI is InChI=1S/2C18H15P.C16H16N4O2.C12H11ClN2O2.2ClH.Pd/c2*1-4-10-16(11-5-1)19(17-12-6-2-7-13-17)18-14-8-3-9-15-18;1-20-10-11(9-19-20)15-16(21-2)14(7-8-18-15)22-13-5-3-12(17)4-6-13;1-16-11-10(6-7-15-12(11)13)17-9-4-2-8(14)3-5-9;;;/h2*1-15H;3-10H,17H2,1-2H3;2-7H,14H2,1H3;2*1H;/q;;;;;;+2/p-2. The Morgan fingerprint density at radius 1 is 0.438 bits per heavy atom. The Morgan fingerprint density at radius 2 is 0.750 bits per heavy atom. The first kappa shape index (κ1) is 60.1. The second-order valence-corrected chi connectivity index (χ2v) is 24.0. The van der Waals surface area contributed by atoms with E-state index in [1.54, 1.807) is 91.0 Å². The van der Waals surface area contributed by atoms with Crippen molar-refractivity contribution in [2.24, 2.45) is 7.05 Å². The monoisotopic (exact) mass is 1250 g/mol. The molecule has 0 aliphatic rings. The van der Waals surface area contributed by atoms with Crippen molar-refractivity contribution in [3.63, 3.8) is 0 Å². The van der Waals surface area contributed by atoms with Crippen LogP contribution in [0, 0.1) is 0 Å². The molecule has 4 N–H and O–H groups in total. The van der Waals surface area contributed by atoms with Gasteiger partial charge in [0.2, 0.25) is 0 Å². The fourth-order valence-electron chi connectivity index (χ4n) is 7.81. The number of pyridine rings is 2. The molecular formula is C64H57Cl3N6O4P2Pd. The number of anilines is 2. The van der Waals surface area contributed by atoms with Crippen molar-refractivity contribution in [3.8, 4) is 45.8 Å². The molecule has 0 saturated carbocycles. The second-order valence-electron chi connectivity index (χ2n) is 16.8. The van der Waals surface area contributed by atoms with Crippen LogP contribution in [-0.2, 0) is 23.0 Å². The van der Waals surface area contributed by atoms with Gasteiger partial charge in [-0.15, -0.1) is 0 Å². The number of halogens is 3. The van der Waals surface area contributed by atoms with Gasteiger partial charge in [-0.2, -0.15) is 5.10 Å². The van der Waals surface area contributed by atoms with E-state index in [-0.39, 0.29) is 21.1 Å². The molecule has 11 aromatic rings. The third-order valence-electron chi connectivity index (χ3n) is 11.4. The van der Waals surface area contributed by atoms with Crippen LogP contribution in [0.5, 0.6) is 34.5 Å². The van der Waals surface area contributed by atoms with Gasteiger partial charge >= 0.3 is 35.0 Å². The summed E-state index contributed by atoms with van der Waals surface area (Å²) in [4.78, 5) is 8.28. The molecule has 0 bridgehead atoms. The first-order chi connectivity index (χ1) is 39.2. The summed E-state index contributed by atoms with van der Waals surface area (Å²) in [5, 5.41) is 12.8. The minimum Gasteiger partial charge on any atom is -0.0622 e. The maximum atomic E-state index is 5.88. The van der Waals surface area contributed by atoms with Gasteiger partial charge in [0.25, 0.3) is 0 Å². The number of methoxy groups -OCH3 is 2. The van der Waals surface area contributed by atoms with Crippen molar-refractivity contribution in [3.05, 3.63) is 273 Å². The van der Waals surface area contributed by atoms with Crippen LogP contribution in [0.2, 0.25) is 5.15 Å². The van der Waals surface area contributed by atoms with Crippen LogP contribution >= 0.6 is 46.5 Å². The van der Waals surface area contributed by atoms with Crippen molar-refractivity contribution in [1.82, 2.24) is 19.7 Å². The van der Waals surface area contributed by atoms with Gasteiger partial charge in [-0.1, -0.05) is 194 Å². The van der Waals surface area contributed by atoms with Crippen molar-refractivity contribution in [2.45, 2.75) is 0 Å². The average molecular weight is 1250 g/mol. The Labute approximate surface area is 491 Å². The van der Waals surface area contributed by atoms with E-state index in [1.807, 2.05) is 13.2 Å². The van der Waals surface area contributed by atoms with Crippen molar-refractivity contribution in [2.75, 3.05) is 25.7 Å². The van der Waals surface area contributed by atoms with E-state index in [0.717, 1.165) is 5.56 Å². The molecule has 0 fully saturated rings. The summed E-state index contributed by atoms with van der Waals surface area (Å²) in [5.41, 5.74) is 14.2. The maximum Gasteiger partial charge on any atom is -0.0134 e. The van der Waals surface area contributed by atoms with Crippen LogP contribution in [0.4, 0.5) is 11.4 Å². The first-order valence-electron chi connectivity index (χ1n) is 24.7. The molecule has 0 aliphatic carbocycles. The van der Waals surface area contributed by atoms with Crippen LogP contribution in [-0.4, -0.2) is 34.0 Å². The van der Waals surface area contributed by atoms with E-state index in [2.05, 4.69) is 197 Å². The van der Waals surface area contributed by atoms with Crippen LogP contribution in [0.25, 0.3) is 11.3 Å². The number of ether oxygens (including phenoxy) is 4. The summed E-state index contributed by atoms with van der Waals surface area (Å²) < 4.78 is 23.8. The predicted octanol–water partition coefficient (Wildman–Crippen LogP) is 14.2. The van der Waals surface area contributed by atoms with Crippen LogP contribution in [0.3, 0.4) is 0 Å². The molecule has 3 aromatic heterocycles. The third-order valence-corrected chi connectivity index (χ3v) is 16.5. The molecule has 11 rings (SSSR count). The molecule has 0 amide bonds. The van der Waals surface area contributed by atoms with Crippen LogP contribution < -0.4 is 62.2 Å². The molecule has 0 radical (unpaired) electrons. The number of aromatic nitrogens is 4. The molecule has 0 atom stereocenters. The number of hydrogen-bond acceptors (Lipinski definition) is 9. The normalized spacial score (nSPS) is 10.3. The van der Waals surface area contributed by atoms with Crippen molar-refractivity contribution < 1.29 is 34.9 Å². The summed E-state index contributed by atoms with van der Waals surface area (Å²) >= 11 is 5.78. The van der Waals surface area contributed by atoms with E-state index in [0.29, 0.717) is 51.6 Å². The van der Waals surface area contributed by atoms with Crippen molar-refractivity contribution in [1.29, 1.82) is 0 Å². The number of aryl methyl sites for hydroxylation is 1. The van der Waals surface area contributed by atoms with Gasteiger partial charge < -0.3 is 30.4 Å². The second kappa shape index (κ2) is 32.5. The smallest absolute Gasteiger partial charge is 0.0134 e. The molecule has 8 aromatic carbocycles. The summed E-state index contributed by atoms with van der Waals surface area (Å²) in [6.07, 6.45) is 6.84. The Morgan fingerprint density at radius 3 is 1.05 bits per heavy atom. The minimum atomic E-state index is -0.446. The first-order valence-corrected chi connectivity index (χ1v) is 31.8. The number of benzene rings is 8. The van der Waals surface area contributed by atoms with E-state index >= 15 is 0 Å². The number of rotatable bonds is 13. The molecule has 0 unspecified atom stereocenters. The Bertz CT molecular complexity index is 3210. The Kier molecular flexibility index (Phi) is 24.4. The number of nitrogen functional groups attached to an aromatic ring is 2. The quantitative estimate of drug-likeness (QED) is 0.0501. The van der Waals surface area contributed by atoms with Gasteiger partial charge in [-0.3, -0.25) is 9.67 Å². The molecule has 3 heterocycles. The largest absolute Gasteiger partial charge is 0.0622 e. The van der Waals surface area contributed by atoms with Crippen LogP contribution in [0.1, 0.15) is 0 Å². The fourth-order valence-corrected chi connectivity index (χ4v) is 12.6. The maximum absolute atomic E-state index is 5.88. The fraction of sp³-hybridized carbons (Fsp3) is 0.0469. The molecule has 408 valence electrons. The van der Waals surface area contributed by atoms with Crippen molar-refractivity contribution >= 4 is 89.7 Å². The molecule has 16 heteroatoms. The Balaban J connectivity index is 0.000000152. The summed E-state index contributed by atoms with van der Waals surface area (Å²) in [5.74, 6) is 3.40. The molecule has 10 nitrogen and oxygen atoms in total. The minimum absolute atomic E-state index is 0.106. The topological polar surface area (TPSA) is 133 Å². The summed E-state index contributed by atoms with van der Waals surface area (Å²) in [6.45, 7) is 0. The van der Waals surface area contributed by atoms with E-state index < -0.39 is 15.8 Å². The molecule has 80 heavy (non-hydrogen) atoms. The molecule has 0 saturated heterocycles. The van der Waals surface area contributed by atoms with Gasteiger partial charge in [-0.05, 0) is 96.2 Å². The van der Waals surface area contributed by atoms with E-state index in [9.17, 15) is 0 Å². The van der Waals surface area contributed by atoms with Gasteiger partial charge in [0, 0.05) is 54.7 Å². The number of nitrogens with two attached hydrogens (primary N) is 2. The molecular weight excluding hydrogens is 1190 g/mol. The van der Waals surface area contributed by atoms with Gasteiger partial charge in [0.1, 0.15) is 17.2 Å². The molecule has 0 aliphatic heterocycles. The molecule has 0 spiro atoms. The summed E-state index contributed by atoms with van der Waals surface area (Å²) in [7, 11) is 13.7. The van der Waals surface area contributed by atoms with Gasteiger partial charge in [-0.25, -0.2) is 4.98 Å². The van der Waals surface area contributed by atoms with Gasteiger partial charge in [0.05, 0.1) is 20.4 Å². The zero-order valence-corrected chi connectivity index (χ0v) is 49.4. The third kappa shape index (κ3) is 18.0. The zero-order valence-electron chi connectivity index (χ0n) is 43.8. The SMILES string of the molecule is COc1c(Oc2ccc(N)cc2)ccnc1-c1cnn(C)c1.COc1c(Oc2ccc(N)cc2)ccnc1Cl.[Cl][Pd][Cl].c1ccc(P(c2ccccc2)c2ccccc2)cc1.c1ccc(P(c2ccccc2)c2ccccc2)cc1. The van der Waals surface area contributed by atoms with Crippen LogP contribution in [0.15, 0.2) is 267 Å². The Hall–Kier alpha value is -7.54. The zero-order chi connectivity index (χ0) is 56.3. The number of hydrogen-bond donors (Lipinski definition) is 2. The number of nitrogens with zero attached hydrogens (tertiary/aromatic N) is 4.